The molecule has 2 N–H and O–H groups in total. The van der Waals surface area contributed by atoms with Crippen molar-refractivity contribution in [2.75, 3.05) is 0 Å². The van der Waals surface area contributed by atoms with Crippen molar-refractivity contribution < 1.29 is 19.8 Å². The normalized spacial score (nSPS) is 13.2. The van der Waals surface area contributed by atoms with Crippen LogP contribution in [0.2, 0.25) is 0 Å². The van der Waals surface area contributed by atoms with Crippen molar-refractivity contribution in [2.24, 2.45) is 0 Å². The predicted octanol–water partition coefficient (Wildman–Crippen LogP) is 2.56. The Bertz CT molecular complexity index is 756. The lowest BCUT2D eigenvalue weighted by Crippen LogP contribution is -2.01. The fraction of sp³-hybridized carbons (Fsp3) is 0.0667. The molecule has 0 atom stereocenters. The van der Waals surface area contributed by atoms with E-state index in [1.54, 1.807) is 30.3 Å². The van der Waals surface area contributed by atoms with Gasteiger partial charge in [0.1, 0.15) is 0 Å². The summed E-state index contributed by atoms with van der Waals surface area (Å²) in [6, 6.07) is 8.58. The summed E-state index contributed by atoms with van der Waals surface area (Å²) in [5.41, 5.74) is 2.32. The zero-order chi connectivity index (χ0) is 13.6. The minimum atomic E-state index is -0.977. The van der Waals surface area contributed by atoms with Crippen LogP contribution >= 0.6 is 0 Å². The van der Waals surface area contributed by atoms with E-state index in [1.165, 1.54) is 0 Å². The van der Waals surface area contributed by atoms with Gasteiger partial charge in [-0.15, -0.1) is 0 Å². The van der Waals surface area contributed by atoms with Crippen molar-refractivity contribution in [2.45, 2.75) is 6.42 Å². The Labute approximate surface area is 108 Å². The second kappa shape index (κ2) is 3.95. The van der Waals surface area contributed by atoms with Crippen LogP contribution in [0.1, 0.15) is 21.5 Å². The van der Waals surface area contributed by atoms with Crippen molar-refractivity contribution in [3.8, 4) is 0 Å². The number of fused-ring (bicyclic) bond motifs is 3. The topological polar surface area (TPSA) is 74.6 Å². The number of hydrogen-bond acceptors (Lipinski definition) is 2. The first kappa shape index (κ1) is 11.5. The van der Waals surface area contributed by atoms with Crippen LogP contribution in [0, 0.1) is 0 Å². The number of benzene rings is 2. The molecule has 2 aromatic carbocycles. The first-order valence-electron chi connectivity index (χ1n) is 5.79. The molecule has 0 aromatic heterocycles. The summed E-state index contributed by atoms with van der Waals surface area (Å²) in [7, 11) is 0. The van der Waals surface area contributed by atoms with Gasteiger partial charge < -0.3 is 10.2 Å². The molecule has 2 aromatic rings. The highest BCUT2D eigenvalue weighted by Gasteiger charge is 2.21. The van der Waals surface area contributed by atoms with Gasteiger partial charge in [0, 0.05) is 12.0 Å². The molecule has 0 amide bonds. The van der Waals surface area contributed by atoms with Crippen LogP contribution in [0.15, 0.2) is 35.9 Å². The Balaban J connectivity index is 2.25. The number of rotatable bonds is 2. The second-order valence-corrected chi connectivity index (χ2v) is 4.49. The van der Waals surface area contributed by atoms with Gasteiger partial charge in [-0.1, -0.05) is 24.3 Å². The monoisotopic (exact) mass is 254 g/mol. The average Bonchev–Trinajstić information content (AvgIpc) is 2.82. The molecule has 0 radical (unpaired) electrons. The fourth-order valence-electron chi connectivity index (χ4n) is 2.52. The summed E-state index contributed by atoms with van der Waals surface area (Å²) in [6.07, 6.45) is 1.98. The van der Waals surface area contributed by atoms with E-state index in [4.69, 9.17) is 10.2 Å². The number of carboxylic acids is 2. The van der Waals surface area contributed by atoms with Crippen LogP contribution in [0.5, 0.6) is 0 Å². The molecule has 0 aliphatic heterocycles. The summed E-state index contributed by atoms with van der Waals surface area (Å²) in [5, 5.41) is 19.7. The van der Waals surface area contributed by atoms with Crippen LogP contribution in [0.3, 0.4) is 0 Å². The van der Waals surface area contributed by atoms with Gasteiger partial charge >= 0.3 is 11.9 Å². The number of hydrogen-bond donors (Lipinski definition) is 2. The maximum atomic E-state index is 11.2. The van der Waals surface area contributed by atoms with Crippen molar-refractivity contribution in [1.29, 1.82) is 0 Å². The summed E-state index contributed by atoms with van der Waals surface area (Å²) >= 11 is 0. The molecule has 0 bridgehead atoms. The highest BCUT2D eigenvalue weighted by atomic mass is 16.4. The molecule has 1 aliphatic carbocycles. The largest absolute Gasteiger partial charge is 0.478 e. The van der Waals surface area contributed by atoms with Crippen LogP contribution in [-0.2, 0) is 11.2 Å². The van der Waals surface area contributed by atoms with Crippen molar-refractivity contribution in [1.82, 2.24) is 0 Å². The molecule has 0 unspecified atom stereocenters. The summed E-state index contributed by atoms with van der Waals surface area (Å²) < 4.78 is 0. The quantitative estimate of drug-likeness (QED) is 0.863. The van der Waals surface area contributed by atoms with E-state index < -0.39 is 11.9 Å². The maximum Gasteiger partial charge on any atom is 0.336 e. The Kier molecular flexibility index (Phi) is 2.38. The van der Waals surface area contributed by atoms with Gasteiger partial charge in [-0.3, -0.25) is 0 Å². The van der Waals surface area contributed by atoms with E-state index in [0.717, 1.165) is 16.5 Å². The van der Waals surface area contributed by atoms with Crippen LogP contribution in [0.4, 0.5) is 0 Å². The van der Waals surface area contributed by atoms with E-state index in [-0.39, 0.29) is 5.56 Å². The average molecular weight is 254 g/mol. The summed E-state index contributed by atoms with van der Waals surface area (Å²) in [5.74, 6) is -1.91. The predicted molar refractivity (Wildman–Crippen MR) is 70.2 cm³/mol. The molecule has 0 spiro atoms. The molecule has 0 saturated carbocycles. The van der Waals surface area contributed by atoms with E-state index >= 15 is 0 Å². The second-order valence-electron chi connectivity index (χ2n) is 4.49. The zero-order valence-electron chi connectivity index (χ0n) is 9.88. The number of carbonyl (C=O) groups is 2. The van der Waals surface area contributed by atoms with E-state index in [2.05, 4.69) is 0 Å². The van der Waals surface area contributed by atoms with E-state index in [9.17, 15) is 9.59 Å². The van der Waals surface area contributed by atoms with Gasteiger partial charge in [-0.05, 0) is 34.0 Å². The Morgan fingerprint density at radius 2 is 1.74 bits per heavy atom. The molecule has 94 valence electrons. The lowest BCUT2D eigenvalue weighted by molar-refractivity contribution is -0.132. The molecule has 4 heteroatoms. The van der Waals surface area contributed by atoms with Crippen LogP contribution < -0.4 is 0 Å². The van der Waals surface area contributed by atoms with Gasteiger partial charge in [-0.25, -0.2) is 9.59 Å². The molecule has 0 saturated heterocycles. The molecular formula is C15H10O4. The van der Waals surface area contributed by atoms with Crippen LogP contribution in [-0.4, -0.2) is 22.2 Å². The number of aliphatic carboxylic acids is 1. The first-order chi connectivity index (χ1) is 9.08. The van der Waals surface area contributed by atoms with Gasteiger partial charge in [-0.2, -0.15) is 0 Å². The minimum Gasteiger partial charge on any atom is -0.478 e. The highest BCUT2D eigenvalue weighted by molar-refractivity contribution is 6.07. The summed E-state index contributed by atoms with van der Waals surface area (Å²) in [4.78, 5) is 22.2. The Morgan fingerprint density at radius 1 is 0.947 bits per heavy atom. The summed E-state index contributed by atoms with van der Waals surface area (Å²) in [6.45, 7) is 0. The third kappa shape index (κ3) is 1.69. The van der Waals surface area contributed by atoms with Crippen molar-refractivity contribution in [3.63, 3.8) is 0 Å². The smallest absolute Gasteiger partial charge is 0.336 e. The Hall–Kier alpha value is -2.62. The molecular weight excluding hydrogens is 244 g/mol. The van der Waals surface area contributed by atoms with Gasteiger partial charge in [0.05, 0.1) is 5.56 Å². The van der Waals surface area contributed by atoms with Gasteiger partial charge in [0.2, 0.25) is 0 Å². The number of aromatic carboxylic acids is 1. The molecule has 1 aliphatic rings. The van der Waals surface area contributed by atoms with Gasteiger partial charge in [0.25, 0.3) is 0 Å². The zero-order valence-corrected chi connectivity index (χ0v) is 9.88. The molecule has 19 heavy (non-hydrogen) atoms. The third-order valence-corrected chi connectivity index (χ3v) is 3.41. The first-order valence-corrected chi connectivity index (χ1v) is 5.79. The maximum absolute atomic E-state index is 11.2. The molecule has 4 nitrogen and oxygen atoms in total. The number of carboxylic acid groups (broad SMARTS) is 2. The van der Waals surface area contributed by atoms with Crippen molar-refractivity contribution in [3.05, 3.63) is 52.6 Å². The lowest BCUT2D eigenvalue weighted by atomic mass is 9.96. The molecule has 3 rings (SSSR count). The highest BCUT2D eigenvalue weighted by Crippen LogP contribution is 2.33. The lowest BCUT2D eigenvalue weighted by Gasteiger charge is -2.07. The third-order valence-electron chi connectivity index (χ3n) is 3.41. The minimum absolute atomic E-state index is 0.240. The SMILES string of the molecule is O=C(O)C1=Cc2ccc3c(C(=O)O)cccc3c2C1. The Morgan fingerprint density at radius 3 is 2.42 bits per heavy atom. The van der Waals surface area contributed by atoms with Gasteiger partial charge in [0.15, 0.2) is 0 Å². The molecule has 0 heterocycles. The fourth-order valence-corrected chi connectivity index (χ4v) is 2.52. The van der Waals surface area contributed by atoms with Crippen LogP contribution in [0.25, 0.3) is 16.8 Å². The van der Waals surface area contributed by atoms with E-state index in [1.807, 2.05) is 6.07 Å². The molecule has 0 fully saturated rings. The van der Waals surface area contributed by atoms with E-state index in [0.29, 0.717) is 17.4 Å². The standard InChI is InChI=1S/C15H10O4/c16-14(17)9-6-8-4-5-11-10(13(8)7-9)2-1-3-12(11)15(18)19/h1-6H,7H2,(H,16,17)(H,18,19). The van der Waals surface area contributed by atoms with Crippen molar-refractivity contribution >= 4 is 28.8 Å².